The van der Waals surface area contributed by atoms with Crippen LogP contribution in [0.4, 0.5) is 0 Å². The van der Waals surface area contributed by atoms with E-state index in [-0.39, 0.29) is 5.91 Å². The van der Waals surface area contributed by atoms with Crippen LogP contribution in [0.1, 0.15) is 27.9 Å². The smallest absolute Gasteiger partial charge is 0.261 e. The van der Waals surface area contributed by atoms with Crippen molar-refractivity contribution in [3.05, 3.63) is 21.9 Å². The third-order valence-corrected chi connectivity index (χ3v) is 3.63. The molecular formula is C11H16BrNOS. The fourth-order valence-corrected chi connectivity index (χ4v) is 2.76. The molecule has 0 radical (unpaired) electrons. The Morgan fingerprint density at radius 3 is 2.87 bits per heavy atom. The molecule has 0 aliphatic rings. The van der Waals surface area contributed by atoms with E-state index in [0.29, 0.717) is 5.92 Å². The first-order valence-corrected chi connectivity index (χ1v) is 6.98. The standard InChI is InChI=1S/C11H16BrNOS/c1-8(5-6-12)7-13-11(14)10-4-3-9(2)15-10/h3-4,8H,5-7H2,1-2H3,(H,13,14). The number of thiophene rings is 1. The molecule has 1 N–H and O–H groups in total. The summed E-state index contributed by atoms with van der Waals surface area (Å²) in [4.78, 5) is 13.6. The Hall–Kier alpha value is -0.350. The average Bonchev–Trinajstić information content (AvgIpc) is 2.62. The van der Waals surface area contributed by atoms with Gasteiger partial charge in [-0.1, -0.05) is 22.9 Å². The largest absolute Gasteiger partial charge is 0.351 e. The Balaban J connectivity index is 2.36. The van der Waals surface area contributed by atoms with E-state index >= 15 is 0 Å². The highest BCUT2D eigenvalue weighted by atomic mass is 79.9. The zero-order chi connectivity index (χ0) is 11.3. The van der Waals surface area contributed by atoms with Gasteiger partial charge in [-0.05, 0) is 31.4 Å². The van der Waals surface area contributed by atoms with Crippen molar-refractivity contribution in [1.29, 1.82) is 0 Å². The molecule has 0 saturated heterocycles. The molecule has 0 aromatic carbocycles. The van der Waals surface area contributed by atoms with Crippen LogP contribution < -0.4 is 5.32 Å². The molecule has 1 aromatic rings. The number of carbonyl (C=O) groups excluding carboxylic acids is 1. The number of hydrogen-bond donors (Lipinski definition) is 1. The molecule has 1 rings (SSSR count). The fourth-order valence-electron chi connectivity index (χ4n) is 1.20. The van der Waals surface area contributed by atoms with E-state index in [1.165, 1.54) is 16.2 Å². The van der Waals surface area contributed by atoms with Crippen LogP contribution in [0, 0.1) is 12.8 Å². The normalized spacial score (nSPS) is 12.5. The second-order valence-corrected chi connectivity index (χ2v) is 5.78. The van der Waals surface area contributed by atoms with E-state index in [1.54, 1.807) is 0 Å². The van der Waals surface area contributed by atoms with Crippen molar-refractivity contribution in [2.45, 2.75) is 20.3 Å². The number of amides is 1. The molecule has 15 heavy (non-hydrogen) atoms. The lowest BCUT2D eigenvalue weighted by molar-refractivity contribution is 0.0952. The first kappa shape index (κ1) is 12.7. The van der Waals surface area contributed by atoms with Crippen LogP contribution in [-0.4, -0.2) is 17.8 Å². The summed E-state index contributed by atoms with van der Waals surface area (Å²) in [5.74, 6) is 0.573. The van der Waals surface area contributed by atoms with Gasteiger partial charge in [0.05, 0.1) is 4.88 Å². The molecule has 1 unspecified atom stereocenters. The predicted octanol–water partition coefficient (Wildman–Crippen LogP) is 3.21. The topological polar surface area (TPSA) is 29.1 Å². The van der Waals surface area contributed by atoms with Crippen molar-refractivity contribution < 1.29 is 4.79 Å². The van der Waals surface area contributed by atoms with Crippen molar-refractivity contribution in [1.82, 2.24) is 5.32 Å². The average molecular weight is 290 g/mol. The molecular weight excluding hydrogens is 274 g/mol. The number of aryl methyl sites for hydroxylation is 1. The van der Waals surface area contributed by atoms with E-state index in [4.69, 9.17) is 0 Å². The summed E-state index contributed by atoms with van der Waals surface area (Å²) in [6.45, 7) is 4.90. The van der Waals surface area contributed by atoms with Crippen molar-refractivity contribution in [2.75, 3.05) is 11.9 Å². The molecule has 1 amide bonds. The van der Waals surface area contributed by atoms with Gasteiger partial charge in [-0.3, -0.25) is 4.79 Å². The Labute approximate surface area is 103 Å². The molecule has 1 aromatic heterocycles. The molecule has 2 nitrogen and oxygen atoms in total. The monoisotopic (exact) mass is 289 g/mol. The fraction of sp³-hybridized carbons (Fsp3) is 0.545. The van der Waals surface area contributed by atoms with Gasteiger partial charge in [0.15, 0.2) is 0 Å². The molecule has 1 heterocycles. The lowest BCUT2D eigenvalue weighted by atomic mass is 10.1. The van der Waals surface area contributed by atoms with Crippen molar-refractivity contribution >= 4 is 33.2 Å². The van der Waals surface area contributed by atoms with Crippen LogP contribution in [0.5, 0.6) is 0 Å². The number of hydrogen-bond acceptors (Lipinski definition) is 2. The summed E-state index contributed by atoms with van der Waals surface area (Å²) >= 11 is 4.93. The first-order chi connectivity index (χ1) is 7.13. The SMILES string of the molecule is Cc1ccc(C(=O)NCC(C)CCBr)s1. The summed E-state index contributed by atoms with van der Waals surface area (Å²) in [6.07, 6.45) is 1.09. The highest BCUT2D eigenvalue weighted by Crippen LogP contribution is 2.14. The van der Waals surface area contributed by atoms with Crippen molar-refractivity contribution in [3.63, 3.8) is 0 Å². The molecule has 0 aliphatic heterocycles. The van der Waals surface area contributed by atoms with Crippen LogP contribution in [0.25, 0.3) is 0 Å². The Kier molecular flexibility index (Phi) is 5.32. The minimum atomic E-state index is 0.0505. The maximum atomic E-state index is 11.7. The van der Waals surface area contributed by atoms with Gasteiger partial charge in [0.1, 0.15) is 0 Å². The molecule has 4 heteroatoms. The first-order valence-electron chi connectivity index (χ1n) is 5.04. The van der Waals surface area contributed by atoms with E-state index < -0.39 is 0 Å². The highest BCUT2D eigenvalue weighted by molar-refractivity contribution is 9.09. The van der Waals surface area contributed by atoms with Gasteiger partial charge in [0.2, 0.25) is 0 Å². The molecule has 0 fully saturated rings. The maximum Gasteiger partial charge on any atom is 0.261 e. The summed E-state index contributed by atoms with van der Waals surface area (Å²) in [6, 6.07) is 3.85. The molecule has 1 atom stereocenters. The van der Waals surface area contributed by atoms with E-state index in [1.807, 2.05) is 19.1 Å². The van der Waals surface area contributed by atoms with Gasteiger partial charge in [-0.15, -0.1) is 11.3 Å². The van der Waals surface area contributed by atoms with Gasteiger partial charge in [-0.2, -0.15) is 0 Å². The van der Waals surface area contributed by atoms with Crippen LogP contribution in [0.3, 0.4) is 0 Å². The quantitative estimate of drug-likeness (QED) is 0.829. The van der Waals surface area contributed by atoms with Crippen LogP contribution in [0.15, 0.2) is 12.1 Å². The van der Waals surface area contributed by atoms with E-state index in [2.05, 4.69) is 28.2 Å². The second-order valence-electron chi connectivity index (χ2n) is 3.70. The number of carbonyl (C=O) groups is 1. The summed E-state index contributed by atoms with van der Waals surface area (Å²) in [5.41, 5.74) is 0. The zero-order valence-electron chi connectivity index (χ0n) is 9.05. The molecule has 0 spiro atoms. The number of nitrogens with one attached hydrogen (secondary N) is 1. The van der Waals surface area contributed by atoms with Gasteiger partial charge in [0, 0.05) is 16.8 Å². The third kappa shape index (κ3) is 4.34. The second kappa shape index (κ2) is 6.28. The van der Waals surface area contributed by atoms with Crippen LogP contribution in [-0.2, 0) is 0 Å². The van der Waals surface area contributed by atoms with Crippen LogP contribution in [0.2, 0.25) is 0 Å². The lowest BCUT2D eigenvalue weighted by Gasteiger charge is -2.09. The van der Waals surface area contributed by atoms with Gasteiger partial charge in [-0.25, -0.2) is 0 Å². The van der Waals surface area contributed by atoms with E-state index in [9.17, 15) is 4.79 Å². The Morgan fingerprint density at radius 1 is 1.60 bits per heavy atom. The number of alkyl halides is 1. The molecule has 0 saturated carbocycles. The summed E-state index contributed by atoms with van der Waals surface area (Å²) in [5, 5.41) is 3.94. The Bertz CT molecular complexity index is 324. The van der Waals surface area contributed by atoms with Crippen molar-refractivity contribution in [3.8, 4) is 0 Å². The molecule has 0 aliphatic carbocycles. The van der Waals surface area contributed by atoms with Crippen LogP contribution >= 0.6 is 27.3 Å². The molecule has 84 valence electrons. The minimum Gasteiger partial charge on any atom is -0.351 e. The third-order valence-electron chi connectivity index (χ3n) is 2.18. The summed E-state index contributed by atoms with van der Waals surface area (Å²) in [7, 11) is 0. The highest BCUT2D eigenvalue weighted by Gasteiger charge is 2.08. The lowest BCUT2D eigenvalue weighted by Crippen LogP contribution is -2.27. The van der Waals surface area contributed by atoms with Gasteiger partial charge < -0.3 is 5.32 Å². The Morgan fingerprint density at radius 2 is 2.33 bits per heavy atom. The summed E-state index contributed by atoms with van der Waals surface area (Å²) < 4.78 is 0. The van der Waals surface area contributed by atoms with Crippen molar-refractivity contribution in [2.24, 2.45) is 5.92 Å². The predicted molar refractivity (Wildman–Crippen MR) is 69.0 cm³/mol. The zero-order valence-corrected chi connectivity index (χ0v) is 11.5. The maximum absolute atomic E-state index is 11.7. The minimum absolute atomic E-state index is 0.0505. The van der Waals surface area contributed by atoms with Gasteiger partial charge in [0.25, 0.3) is 5.91 Å². The molecule has 0 bridgehead atoms. The number of rotatable bonds is 5. The van der Waals surface area contributed by atoms with Gasteiger partial charge >= 0.3 is 0 Å². The van der Waals surface area contributed by atoms with E-state index in [0.717, 1.165) is 23.2 Å². The number of halogens is 1.